The molecule has 52 valence electrons. The molecular weight excluding hydrogens is 122 g/mol. The maximum atomic E-state index is 10.2. The predicted molar refractivity (Wildman–Crippen MR) is 31.2 cm³/mol. The van der Waals surface area contributed by atoms with Crippen molar-refractivity contribution < 1.29 is 14.6 Å². The summed E-state index contributed by atoms with van der Waals surface area (Å²) < 4.78 is 4.22. The Morgan fingerprint density at radius 3 is 2.89 bits per heavy atom. The van der Waals surface area contributed by atoms with Crippen molar-refractivity contribution >= 4 is 12.2 Å². The average Bonchev–Trinajstić information content (AvgIpc) is 1.87. The van der Waals surface area contributed by atoms with Gasteiger partial charge in [-0.2, -0.15) is 0 Å². The van der Waals surface area contributed by atoms with Crippen LogP contribution in [0.5, 0.6) is 0 Å². The summed E-state index contributed by atoms with van der Waals surface area (Å²) >= 11 is 0. The molecule has 0 rings (SSSR count). The van der Waals surface area contributed by atoms with E-state index in [1.54, 1.807) is 6.92 Å². The topological polar surface area (TPSA) is 70.4 Å². The molecule has 0 amide bonds. The van der Waals surface area contributed by atoms with Crippen LogP contribution >= 0.6 is 0 Å². The van der Waals surface area contributed by atoms with Crippen LogP contribution in [0, 0.1) is 5.41 Å². The summed E-state index contributed by atoms with van der Waals surface area (Å²) in [5, 5.41) is 15.0. The molecule has 0 aliphatic rings. The maximum absolute atomic E-state index is 10.2. The smallest absolute Gasteiger partial charge is 0.350 e. The van der Waals surface area contributed by atoms with E-state index in [1.807, 2.05) is 0 Å². The average molecular weight is 131 g/mol. The summed E-state index contributed by atoms with van der Waals surface area (Å²) in [6, 6.07) is 0. The van der Waals surface area contributed by atoms with E-state index in [1.165, 1.54) is 0 Å². The van der Waals surface area contributed by atoms with Gasteiger partial charge >= 0.3 is 5.97 Å². The third-order valence-electron chi connectivity index (χ3n) is 0.719. The second kappa shape index (κ2) is 4.03. The fourth-order valence-electron chi connectivity index (χ4n) is 0.251. The quantitative estimate of drug-likeness (QED) is 0.319. The minimum atomic E-state index is -1.07. The third-order valence-corrected chi connectivity index (χ3v) is 0.719. The Hall–Kier alpha value is -0.900. The van der Waals surface area contributed by atoms with Gasteiger partial charge in [0.2, 0.25) is 6.29 Å². The van der Waals surface area contributed by atoms with Crippen LogP contribution in [0.25, 0.3) is 0 Å². The zero-order valence-corrected chi connectivity index (χ0v) is 5.13. The van der Waals surface area contributed by atoms with Crippen LogP contribution in [0.4, 0.5) is 0 Å². The molecule has 2 N–H and O–H groups in total. The van der Waals surface area contributed by atoms with Gasteiger partial charge in [0.25, 0.3) is 0 Å². The van der Waals surface area contributed by atoms with Crippen molar-refractivity contribution in [3.05, 3.63) is 0 Å². The van der Waals surface area contributed by atoms with Gasteiger partial charge in [-0.3, -0.25) is 0 Å². The number of ether oxygens (including phenoxy) is 1. The highest BCUT2D eigenvalue weighted by Gasteiger charge is 2.03. The molecule has 4 heteroatoms. The SMILES string of the molecule is CCC(O)OC(=O)C=N. The molecule has 0 aromatic heterocycles. The molecule has 0 aromatic carbocycles. The van der Waals surface area contributed by atoms with E-state index in [-0.39, 0.29) is 0 Å². The first-order chi connectivity index (χ1) is 4.20. The summed E-state index contributed by atoms with van der Waals surface area (Å²) in [6.07, 6.45) is -0.211. The largest absolute Gasteiger partial charge is 0.432 e. The Morgan fingerprint density at radius 1 is 2.00 bits per heavy atom. The molecule has 0 bridgehead atoms. The molecular formula is C5H9NO3. The lowest BCUT2D eigenvalue weighted by atomic mass is 10.5. The van der Waals surface area contributed by atoms with Gasteiger partial charge in [-0.15, -0.1) is 0 Å². The fraction of sp³-hybridized carbons (Fsp3) is 0.600. The number of hydrogen-bond donors (Lipinski definition) is 2. The number of esters is 1. The van der Waals surface area contributed by atoms with E-state index < -0.39 is 12.3 Å². The van der Waals surface area contributed by atoms with E-state index in [0.717, 1.165) is 0 Å². The van der Waals surface area contributed by atoms with Crippen LogP contribution in [0.15, 0.2) is 0 Å². The molecule has 0 heterocycles. The first-order valence-electron chi connectivity index (χ1n) is 2.59. The van der Waals surface area contributed by atoms with E-state index in [2.05, 4.69) is 4.74 Å². The second-order valence-corrected chi connectivity index (χ2v) is 1.44. The molecule has 1 unspecified atom stereocenters. The van der Waals surface area contributed by atoms with Crippen LogP contribution < -0.4 is 0 Å². The van der Waals surface area contributed by atoms with E-state index in [4.69, 9.17) is 10.5 Å². The highest BCUT2D eigenvalue weighted by molar-refractivity contribution is 6.21. The van der Waals surface area contributed by atoms with Gasteiger partial charge in [-0.25, -0.2) is 4.79 Å². The van der Waals surface area contributed by atoms with Crippen molar-refractivity contribution in [3.8, 4) is 0 Å². The van der Waals surface area contributed by atoms with E-state index in [9.17, 15) is 4.79 Å². The van der Waals surface area contributed by atoms with Gasteiger partial charge in [0, 0.05) is 6.42 Å². The van der Waals surface area contributed by atoms with Crippen LogP contribution in [0.1, 0.15) is 13.3 Å². The predicted octanol–water partition coefficient (Wildman–Crippen LogP) is -0.0924. The van der Waals surface area contributed by atoms with E-state index in [0.29, 0.717) is 12.6 Å². The highest BCUT2D eigenvalue weighted by Crippen LogP contribution is 1.90. The van der Waals surface area contributed by atoms with Crippen molar-refractivity contribution in [2.75, 3.05) is 0 Å². The molecule has 0 aliphatic heterocycles. The van der Waals surface area contributed by atoms with Gasteiger partial charge < -0.3 is 15.3 Å². The summed E-state index contributed by atoms with van der Waals surface area (Å²) in [5.74, 6) is -0.815. The maximum Gasteiger partial charge on any atom is 0.350 e. The van der Waals surface area contributed by atoms with Gasteiger partial charge in [0.05, 0.1) is 0 Å². The fourth-order valence-corrected chi connectivity index (χ4v) is 0.251. The number of carbonyl (C=O) groups excluding carboxylic acids is 1. The Morgan fingerprint density at radius 2 is 2.56 bits per heavy atom. The Kier molecular flexibility index (Phi) is 3.62. The highest BCUT2D eigenvalue weighted by atomic mass is 16.6. The summed E-state index contributed by atoms with van der Waals surface area (Å²) in [5.41, 5.74) is 0. The molecule has 0 saturated carbocycles. The number of carbonyl (C=O) groups is 1. The van der Waals surface area contributed by atoms with Crippen molar-refractivity contribution in [3.63, 3.8) is 0 Å². The van der Waals surface area contributed by atoms with Crippen LogP contribution in [0.3, 0.4) is 0 Å². The summed E-state index contributed by atoms with van der Waals surface area (Å²) in [4.78, 5) is 10.2. The van der Waals surface area contributed by atoms with Gasteiger partial charge in [0.1, 0.15) is 6.21 Å². The lowest BCUT2D eigenvalue weighted by Gasteiger charge is -2.05. The lowest BCUT2D eigenvalue weighted by Crippen LogP contribution is -2.16. The first-order valence-corrected chi connectivity index (χ1v) is 2.59. The lowest BCUT2D eigenvalue weighted by molar-refractivity contribution is -0.158. The zero-order chi connectivity index (χ0) is 7.28. The van der Waals surface area contributed by atoms with Crippen LogP contribution in [-0.2, 0) is 9.53 Å². The Bertz CT molecular complexity index is 113. The van der Waals surface area contributed by atoms with Gasteiger partial charge in [-0.05, 0) is 0 Å². The zero-order valence-electron chi connectivity index (χ0n) is 5.13. The van der Waals surface area contributed by atoms with Crippen molar-refractivity contribution in [1.29, 1.82) is 5.41 Å². The van der Waals surface area contributed by atoms with E-state index >= 15 is 0 Å². The van der Waals surface area contributed by atoms with Gasteiger partial charge in [0.15, 0.2) is 0 Å². The monoisotopic (exact) mass is 131 g/mol. The first kappa shape index (κ1) is 8.10. The summed E-state index contributed by atoms with van der Waals surface area (Å²) in [7, 11) is 0. The normalized spacial score (nSPS) is 12.2. The second-order valence-electron chi connectivity index (χ2n) is 1.44. The van der Waals surface area contributed by atoms with Crippen molar-refractivity contribution in [1.82, 2.24) is 0 Å². The van der Waals surface area contributed by atoms with Crippen LogP contribution in [0.2, 0.25) is 0 Å². The Balaban J connectivity index is 3.46. The third kappa shape index (κ3) is 3.66. The number of hydrogen-bond acceptors (Lipinski definition) is 4. The molecule has 4 nitrogen and oxygen atoms in total. The molecule has 9 heavy (non-hydrogen) atoms. The molecule has 1 atom stereocenters. The van der Waals surface area contributed by atoms with Crippen molar-refractivity contribution in [2.45, 2.75) is 19.6 Å². The number of aliphatic hydroxyl groups is 1. The standard InChI is InChI=1S/C5H9NO3/c1-2-4(7)9-5(8)3-6/h3-4,6-7H,2H2,1H3. The molecule has 0 aliphatic carbocycles. The van der Waals surface area contributed by atoms with Crippen molar-refractivity contribution in [2.24, 2.45) is 0 Å². The Labute approximate surface area is 53.0 Å². The number of aliphatic hydroxyl groups excluding tert-OH is 1. The molecule has 0 radical (unpaired) electrons. The summed E-state index contributed by atoms with van der Waals surface area (Å²) in [6.45, 7) is 1.67. The number of rotatable bonds is 3. The van der Waals surface area contributed by atoms with Gasteiger partial charge in [-0.1, -0.05) is 6.92 Å². The molecule has 0 aromatic rings. The van der Waals surface area contributed by atoms with Crippen LogP contribution in [-0.4, -0.2) is 23.6 Å². The number of nitrogens with one attached hydrogen (secondary N) is 1. The minimum absolute atomic E-state index is 0.347. The minimum Gasteiger partial charge on any atom is -0.432 e. The molecule has 0 fully saturated rings. The molecule has 0 saturated heterocycles. The molecule has 0 spiro atoms.